The highest BCUT2D eigenvalue weighted by molar-refractivity contribution is 6.30. The number of pyridine rings is 1. The van der Waals surface area contributed by atoms with Crippen LogP contribution in [0.4, 0.5) is 10.5 Å². The zero-order valence-electron chi connectivity index (χ0n) is 19.9. The van der Waals surface area contributed by atoms with Crippen molar-refractivity contribution in [3.8, 4) is 11.5 Å². The van der Waals surface area contributed by atoms with Gasteiger partial charge in [0.1, 0.15) is 16.9 Å². The fraction of sp³-hybridized carbons (Fsp3) is 0.259. The number of ether oxygens (including phenoxy) is 2. The minimum atomic E-state index is -1.54. The molecule has 1 N–H and O–H groups in total. The molecule has 0 bridgehead atoms. The maximum Gasteiger partial charge on any atom is 0.335 e. The maximum absolute atomic E-state index is 14.1. The largest absolute Gasteiger partial charge is 0.497 e. The van der Waals surface area contributed by atoms with E-state index in [2.05, 4.69) is 10.3 Å². The second-order valence-electron chi connectivity index (χ2n) is 8.53. The van der Waals surface area contributed by atoms with E-state index in [1.54, 1.807) is 55.9 Å². The Morgan fingerprint density at radius 3 is 2.43 bits per heavy atom. The number of hydrogen-bond donors (Lipinski definition) is 1. The molecule has 3 aromatic rings. The summed E-state index contributed by atoms with van der Waals surface area (Å²) in [5.41, 5.74) is 1.35. The summed E-state index contributed by atoms with van der Waals surface area (Å²) in [4.78, 5) is 45.5. The lowest BCUT2D eigenvalue weighted by molar-refractivity contribution is -0.143. The molecule has 1 aliphatic heterocycles. The first kappa shape index (κ1) is 23.9. The molecule has 4 amide bonds. The third-order valence-corrected chi connectivity index (χ3v) is 6.31. The van der Waals surface area contributed by atoms with Gasteiger partial charge in [0.05, 0.1) is 19.9 Å². The third kappa shape index (κ3) is 4.73. The highest BCUT2D eigenvalue weighted by atomic mass is 16.5. The van der Waals surface area contributed by atoms with Gasteiger partial charge in [0.15, 0.2) is 0 Å². The standard InChI is InChI=1S/C27H27N3O5/c1-18-5-4-6-21(15-18)30-25(32)27(24(31)29-26(30)33,12-9-19-10-13-28-14-11-19)17-20-7-8-22(34-2)16-23(20)35-3/h4-8,10-11,13-16H,9,12,17H2,1-3H3,(H,29,31,33)/t27-/m1/s1. The van der Waals surface area contributed by atoms with Gasteiger partial charge in [-0.2, -0.15) is 0 Å². The van der Waals surface area contributed by atoms with Crippen molar-refractivity contribution < 1.29 is 23.9 Å². The Kier molecular flexibility index (Phi) is 6.82. The van der Waals surface area contributed by atoms with Crippen molar-refractivity contribution in [3.63, 3.8) is 0 Å². The van der Waals surface area contributed by atoms with E-state index in [1.807, 2.05) is 25.1 Å². The number of nitrogens with zero attached hydrogens (tertiary/aromatic N) is 2. The summed E-state index contributed by atoms with van der Waals surface area (Å²) in [6.45, 7) is 1.87. The molecule has 4 rings (SSSR count). The van der Waals surface area contributed by atoms with E-state index in [1.165, 1.54) is 7.11 Å². The second kappa shape index (κ2) is 9.97. The number of amides is 4. The van der Waals surface area contributed by atoms with Crippen molar-refractivity contribution in [1.29, 1.82) is 0 Å². The maximum atomic E-state index is 14.1. The molecule has 1 atom stereocenters. The Labute approximate surface area is 203 Å². The molecular formula is C27H27N3O5. The quantitative estimate of drug-likeness (QED) is 0.499. The van der Waals surface area contributed by atoms with Crippen LogP contribution in [0, 0.1) is 12.3 Å². The van der Waals surface area contributed by atoms with Crippen molar-refractivity contribution in [2.24, 2.45) is 5.41 Å². The van der Waals surface area contributed by atoms with Crippen molar-refractivity contribution in [1.82, 2.24) is 10.3 Å². The van der Waals surface area contributed by atoms with Crippen LogP contribution in [-0.4, -0.2) is 37.0 Å². The van der Waals surface area contributed by atoms with Crippen LogP contribution < -0.4 is 19.7 Å². The van der Waals surface area contributed by atoms with Gasteiger partial charge in [-0.05, 0) is 73.2 Å². The molecule has 2 aromatic carbocycles. The zero-order valence-corrected chi connectivity index (χ0v) is 19.9. The van der Waals surface area contributed by atoms with E-state index < -0.39 is 23.3 Å². The number of nitrogens with one attached hydrogen (secondary N) is 1. The summed E-state index contributed by atoms with van der Waals surface area (Å²) in [5.74, 6) is -0.105. The summed E-state index contributed by atoms with van der Waals surface area (Å²) in [6, 6.07) is 15.2. The van der Waals surface area contributed by atoms with Crippen LogP contribution in [0.5, 0.6) is 11.5 Å². The molecule has 8 heteroatoms. The van der Waals surface area contributed by atoms with Gasteiger partial charge in [-0.1, -0.05) is 18.2 Å². The summed E-state index contributed by atoms with van der Waals surface area (Å²) in [6.07, 6.45) is 4.01. The van der Waals surface area contributed by atoms with Crippen LogP contribution >= 0.6 is 0 Å². The fourth-order valence-electron chi connectivity index (χ4n) is 4.37. The SMILES string of the molecule is COc1ccc(C[C@]2(CCc3ccncc3)C(=O)NC(=O)N(c3cccc(C)c3)C2=O)c(OC)c1. The first-order valence-electron chi connectivity index (χ1n) is 11.2. The minimum Gasteiger partial charge on any atom is -0.497 e. The van der Waals surface area contributed by atoms with Crippen LogP contribution in [-0.2, 0) is 22.4 Å². The first-order valence-corrected chi connectivity index (χ1v) is 11.2. The van der Waals surface area contributed by atoms with Gasteiger partial charge >= 0.3 is 6.03 Å². The van der Waals surface area contributed by atoms with Crippen molar-refractivity contribution in [2.75, 3.05) is 19.1 Å². The molecule has 2 heterocycles. The number of anilines is 1. The molecule has 8 nitrogen and oxygen atoms in total. The van der Waals surface area contributed by atoms with Crippen LogP contribution in [0.1, 0.15) is 23.1 Å². The average Bonchev–Trinajstić information content (AvgIpc) is 2.86. The Morgan fingerprint density at radius 1 is 0.971 bits per heavy atom. The monoisotopic (exact) mass is 473 g/mol. The molecule has 0 saturated carbocycles. The summed E-state index contributed by atoms with van der Waals surface area (Å²) in [5, 5.41) is 2.43. The number of benzene rings is 2. The smallest absolute Gasteiger partial charge is 0.335 e. The number of carbonyl (C=O) groups excluding carboxylic acids is 3. The van der Waals surface area contributed by atoms with Crippen LogP contribution in [0.25, 0.3) is 0 Å². The molecule has 1 aromatic heterocycles. The van der Waals surface area contributed by atoms with Gasteiger partial charge in [-0.15, -0.1) is 0 Å². The number of carbonyl (C=O) groups is 3. The van der Waals surface area contributed by atoms with E-state index in [0.29, 0.717) is 29.2 Å². The van der Waals surface area contributed by atoms with Crippen LogP contribution in [0.2, 0.25) is 0 Å². The highest BCUT2D eigenvalue weighted by Gasteiger charge is 2.54. The number of imide groups is 2. The molecular weight excluding hydrogens is 446 g/mol. The summed E-state index contributed by atoms with van der Waals surface area (Å²) >= 11 is 0. The molecule has 1 aliphatic rings. The Hall–Kier alpha value is -4.20. The number of rotatable bonds is 8. The van der Waals surface area contributed by atoms with Crippen LogP contribution in [0.3, 0.4) is 0 Å². The topological polar surface area (TPSA) is 97.8 Å². The Balaban J connectivity index is 1.80. The number of aromatic nitrogens is 1. The second-order valence-corrected chi connectivity index (χ2v) is 8.53. The zero-order chi connectivity index (χ0) is 25.0. The Bertz CT molecular complexity index is 1260. The minimum absolute atomic E-state index is 0.0471. The van der Waals surface area contributed by atoms with E-state index in [9.17, 15) is 14.4 Å². The fourth-order valence-corrected chi connectivity index (χ4v) is 4.37. The summed E-state index contributed by atoms with van der Waals surface area (Å²) < 4.78 is 10.8. The Morgan fingerprint density at radius 2 is 1.74 bits per heavy atom. The normalized spacial score (nSPS) is 17.8. The first-order chi connectivity index (χ1) is 16.9. The molecule has 1 saturated heterocycles. The average molecular weight is 474 g/mol. The highest BCUT2D eigenvalue weighted by Crippen LogP contribution is 2.39. The van der Waals surface area contributed by atoms with Gasteiger partial charge in [-0.3, -0.25) is 19.9 Å². The lowest BCUT2D eigenvalue weighted by atomic mass is 9.73. The van der Waals surface area contributed by atoms with Gasteiger partial charge in [-0.25, -0.2) is 9.69 Å². The molecule has 0 radical (unpaired) electrons. The van der Waals surface area contributed by atoms with E-state index in [4.69, 9.17) is 9.47 Å². The predicted molar refractivity (Wildman–Crippen MR) is 130 cm³/mol. The van der Waals surface area contributed by atoms with Gasteiger partial charge in [0.2, 0.25) is 5.91 Å². The van der Waals surface area contributed by atoms with Gasteiger partial charge in [0, 0.05) is 18.5 Å². The lowest BCUT2D eigenvalue weighted by Crippen LogP contribution is -2.65. The third-order valence-electron chi connectivity index (χ3n) is 6.31. The molecule has 1 fully saturated rings. The molecule has 0 spiro atoms. The number of barbiturate groups is 1. The number of aryl methyl sites for hydroxylation is 2. The lowest BCUT2D eigenvalue weighted by Gasteiger charge is -2.39. The number of methoxy groups -OCH3 is 2. The number of urea groups is 1. The van der Waals surface area contributed by atoms with E-state index in [-0.39, 0.29) is 12.8 Å². The summed E-state index contributed by atoms with van der Waals surface area (Å²) in [7, 11) is 3.07. The molecule has 0 aliphatic carbocycles. The van der Waals surface area contributed by atoms with Gasteiger partial charge < -0.3 is 9.47 Å². The van der Waals surface area contributed by atoms with Crippen molar-refractivity contribution >= 4 is 23.5 Å². The number of hydrogen-bond acceptors (Lipinski definition) is 6. The van der Waals surface area contributed by atoms with E-state index in [0.717, 1.165) is 16.0 Å². The van der Waals surface area contributed by atoms with Gasteiger partial charge in [0.25, 0.3) is 5.91 Å². The van der Waals surface area contributed by atoms with E-state index >= 15 is 0 Å². The van der Waals surface area contributed by atoms with Crippen molar-refractivity contribution in [2.45, 2.75) is 26.2 Å². The molecule has 180 valence electrons. The molecule has 0 unspecified atom stereocenters. The van der Waals surface area contributed by atoms with Crippen LogP contribution in [0.15, 0.2) is 67.0 Å². The molecule has 35 heavy (non-hydrogen) atoms. The van der Waals surface area contributed by atoms with Crippen molar-refractivity contribution in [3.05, 3.63) is 83.7 Å². The predicted octanol–water partition coefficient (Wildman–Crippen LogP) is 3.85.